The summed E-state index contributed by atoms with van der Waals surface area (Å²) < 4.78 is 41.0. The fourth-order valence-electron chi connectivity index (χ4n) is 4.11. The predicted octanol–water partition coefficient (Wildman–Crippen LogP) is 2.56. The summed E-state index contributed by atoms with van der Waals surface area (Å²) in [5.41, 5.74) is 0.180. The van der Waals surface area contributed by atoms with Crippen LogP contribution in [0.2, 0.25) is 0 Å². The first kappa shape index (κ1) is 17.8. The number of hydrogen-bond donors (Lipinski definition) is 0. The number of anilines is 1. The molecule has 3 heterocycles. The molecule has 0 saturated carbocycles. The molecule has 0 spiro atoms. The molecule has 1 aromatic carbocycles. The minimum absolute atomic E-state index is 0.0656. The Morgan fingerprint density at radius 1 is 1.15 bits per heavy atom. The van der Waals surface area contributed by atoms with Crippen molar-refractivity contribution in [2.24, 2.45) is 5.92 Å². The Morgan fingerprint density at radius 2 is 1.96 bits per heavy atom. The zero-order chi connectivity index (χ0) is 19.0. The number of halogens is 3. The molecule has 2 aromatic rings. The van der Waals surface area contributed by atoms with E-state index in [1.807, 2.05) is 4.90 Å². The number of fused-ring (bicyclic) bond motifs is 1. The molecule has 2 atom stereocenters. The Bertz CT molecular complexity index is 863. The molecule has 1 amide bonds. The number of nitrogens with zero attached hydrogens (tertiary/aromatic N) is 4. The molecule has 0 aliphatic carbocycles. The smallest absolute Gasteiger partial charge is 0.227 e. The SMILES string of the molecule is O=C(Cc1ccc(F)cc1F)N1CCC2CCN(c3ncncc3F)CC21. The van der Waals surface area contributed by atoms with Gasteiger partial charge in [0.25, 0.3) is 0 Å². The molecule has 2 aliphatic rings. The lowest BCUT2D eigenvalue weighted by Crippen LogP contribution is -2.50. The van der Waals surface area contributed by atoms with E-state index in [1.54, 1.807) is 4.90 Å². The lowest BCUT2D eigenvalue weighted by Gasteiger charge is -2.39. The van der Waals surface area contributed by atoms with Crippen LogP contribution in [-0.4, -0.2) is 46.5 Å². The maximum atomic E-state index is 14.0. The van der Waals surface area contributed by atoms with Crippen molar-refractivity contribution in [1.82, 2.24) is 14.9 Å². The molecule has 2 aliphatic heterocycles. The number of carbonyl (C=O) groups is 1. The van der Waals surface area contributed by atoms with E-state index in [0.29, 0.717) is 25.6 Å². The zero-order valence-corrected chi connectivity index (χ0v) is 14.6. The number of carbonyl (C=O) groups excluding carboxylic acids is 1. The molecule has 2 saturated heterocycles. The molecule has 27 heavy (non-hydrogen) atoms. The van der Waals surface area contributed by atoms with Crippen LogP contribution in [0.25, 0.3) is 0 Å². The molecule has 5 nitrogen and oxygen atoms in total. The van der Waals surface area contributed by atoms with Crippen LogP contribution in [0.3, 0.4) is 0 Å². The Kier molecular flexibility index (Phi) is 4.72. The maximum Gasteiger partial charge on any atom is 0.227 e. The first-order chi connectivity index (χ1) is 13.0. The highest BCUT2D eigenvalue weighted by Gasteiger charge is 2.41. The van der Waals surface area contributed by atoms with Crippen molar-refractivity contribution in [3.63, 3.8) is 0 Å². The summed E-state index contributed by atoms with van der Waals surface area (Å²) in [6.45, 7) is 1.75. The molecule has 142 valence electrons. The molecular formula is C19H19F3N4O. The van der Waals surface area contributed by atoms with Crippen LogP contribution in [0, 0.1) is 23.4 Å². The second-order valence-electron chi connectivity index (χ2n) is 7.04. The molecule has 4 rings (SSSR count). The Labute approximate surface area is 154 Å². The van der Waals surface area contributed by atoms with Gasteiger partial charge in [-0.15, -0.1) is 0 Å². The number of amides is 1. The van der Waals surface area contributed by atoms with E-state index in [2.05, 4.69) is 9.97 Å². The number of likely N-dealkylation sites (tertiary alicyclic amines) is 1. The van der Waals surface area contributed by atoms with Crippen LogP contribution >= 0.6 is 0 Å². The maximum absolute atomic E-state index is 14.0. The van der Waals surface area contributed by atoms with E-state index in [0.717, 1.165) is 31.2 Å². The minimum atomic E-state index is -0.715. The fraction of sp³-hybridized carbons (Fsp3) is 0.421. The van der Waals surface area contributed by atoms with Crippen molar-refractivity contribution in [1.29, 1.82) is 0 Å². The Balaban J connectivity index is 1.49. The van der Waals surface area contributed by atoms with Crippen LogP contribution in [0.15, 0.2) is 30.7 Å². The van der Waals surface area contributed by atoms with E-state index in [-0.39, 0.29) is 29.8 Å². The lowest BCUT2D eigenvalue weighted by molar-refractivity contribution is -0.131. The van der Waals surface area contributed by atoms with E-state index >= 15 is 0 Å². The average molecular weight is 376 g/mol. The minimum Gasteiger partial charge on any atom is -0.352 e. The van der Waals surface area contributed by atoms with Gasteiger partial charge in [0.1, 0.15) is 18.0 Å². The number of benzene rings is 1. The van der Waals surface area contributed by atoms with Gasteiger partial charge in [-0.25, -0.2) is 23.1 Å². The van der Waals surface area contributed by atoms with Crippen molar-refractivity contribution in [3.05, 3.63) is 53.7 Å². The highest BCUT2D eigenvalue weighted by molar-refractivity contribution is 5.79. The first-order valence-corrected chi connectivity index (χ1v) is 8.97. The molecule has 1 aromatic heterocycles. The first-order valence-electron chi connectivity index (χ1n) is 8.97. The summed E-state index contributed by atoms with van der Waals surface area (Å²) in [7, 11) is 0. The molecule has 0 bridgehead atoms. The van der Waals surface area contributed by atoms with E-state index in [9.17, 15) is 18.0 Å². The van der Waals surface area contributed by atoms with Crippen molar-refractivity contribution >= 4 is 11.7 Å². The fourth-order valence-corrected chi connectivity index (χ4v) is 4.11. The molecule has 0 radical (unpaired) electrons. The van der Waals surface area contributed by atoms with E-state index in [4.69, 9.17) is 0 Å². The van der Waals surface area contributed by atoms with E-state index < -0.39 is 17.5 Å². The van der Waals surface area contributed by atoms with Crippen LogP contribution < -0.4 is 4.90 Å². The van der Waals surface area contributed by atoms with Gasteiger partial charge in [0, 0.05) is 25.7 Å². The van der Waals surface area contributed by atoms with Gasteiger partial charge < -0.3 is 9.80 Å². The molecule has 2 fully saturated rings. The Hall–Kier alpha value is -2.64. The van der Waals surface area contributed by atoms with Gasteiger partial charge in [0.05, 0.1) is 18.7 Å². The van der Waals surface area contributed by atoms with Gasteiger partial charge in [0.2, 0.25) is 5.91 Å². The quantitative estimate of drug-likeness (QED) is 0.826. The van der Waals surface area contributed by atoms with Gasteiger partial charge >= 0.3 is 0 Å². The highest BCUT2D eigenvalue weighted by atomic mass is 19.1. The summed E-state index contributed by atoms with van der Waals surface area (Å²) in [5, 5.41) is 0. The summed E-state index contributed by atoms with van der Waals surface area (Å²) >= 11 is 0. The second kappa shape index (κ2) is 7.17. The lowest BCUT2D eigenvalue weighted by atomic mass is 9.92. The molecule has 0 N–H and O–H groups in total. The zero-order valence-electron chi connectivity index (χ0n) is 14.6. The van der Waals surface area contributed by atoms with Gasteiger partial charge in [-0.3, -0.25) is 4.79 Å². The molecule has 8 heteroatoms. The van der Waals surface area contributed by atoms with Crippen LogP contribution in [-0.2, 0) is 11.2 Å². The average Bonchev–Trinajstić information content (AvgIpc) is 3.07. The van der Waals surface area contributed by atoms with Crippen LogP contribution in [0.1, 0.15) is 18.4 Å². The summed E-state index contributed by atoms with van der Waals surface area (Å²) in [4.78, 5) is 24.0. The van der Waals surface area contributed by atoms with Crippen molar-refractivity contribution < 1.29 is 18.0 Å². The van der Waals surface area contributed by atoms with Crippen molar-refractivity contribution in [3.8, 4) is 0 Å². The third-order valence-electron chi connectivity index (χ3n) is 5.49. The predicted molar refractivity (Wildman–Crippen MR) is 92.5 cm³/mol. The van der Waals surface area contributed by atoms with Crippen LogP contribution in [0.5, 0.6) is 0 Å². The van der Waals surface area contributed by atoms with Crippen molar-refractivity contribution in [2.75, 3.05) is 24.5 Å². The number of hydrogen-bond acceptors (Lipinski definition) is 4. The summed E-state index contributed by atoms with van der Waals surface area (Å²) in [5.74, 6) is -1.48. The topological polar surface area (TPSA) is 49.3 Å². The van der Waals surface area contributed by atoms with Gasteiger partial charge in [-0.2, -0.15) is 0 Å². The Morgan fingerprint density at radius 3 is 2.74 bits per heavy atom. The van der Waals surface area contributed by atoms with Gasteiger partial charge in [0.15, 0.2) is 11.6 Å². The van der Waals surface area contributed by atoms with E-state index in [1.165, 1.54) is 12.4 Å². The largest absolute Gasteiger partial charge is 0.352 e. The monoisotopic (exact) mass is 376 g/mol. The third-order valence-corrected chi connectivity index (χ3v) is 5.49. The number of rotatable bonds is 3. The highest BCUT2D eigenvalue weighted by Crippen LogP contribution is 2.34. The molecule has 2 unspecified atom stereocenters. The van der Waals surface area contributed by atoms with Gasteiger partial charge in [-0.1, -0.05) is 6.07 Å². The van der Waals surface area contributed by atoms with Gasteiger partial charge in [-0.05, 0) is 30.4 Å². The standard InChI is InChI=1S/C19H19F3N4O/c20-14-2-1-13(15(21)8-14)7-18(27)26-6-4-12-3-5-25(10-17(12)26)19-16(22)9-23-11-24-19/h1-2,8-9,11-12,17H,3-7,10H2. The molecular weight excluding hydrogens is 357 g/mol. The third kappa shape index (κ3) is 3.48. The number of aromatic nitrogens is 2. The normalized spacial score (nSPS) is 22.0. The van der Waals surface area contributed by atoms with Crippen LogP contribution in [0.4, 0.5) is 19.0 Å². The summed E-state index contributed by atoms with van der Waals surface area (Å²) in [6.07, 6.45) is 4.03. The van der Waals surface area contributed by atoms with Crippen molar-refractivity contribution in [2.45, 2.75) is 25.3 Å². The number of piperidine rings is 1. The summed E-state index contributed by atoms with van der Waals surface area (Å²) in [6, 6.07) is 3.18. The second-order valence-corrected chi connectivity index (χ2v) is 7.04.